The van der Waals surface area contributed by atoms with E-state index in [1.807, 2.05) is 48.5 Å². The minimum atomic E-state index is -0.0917. The maximum atomic E-state index is 14.7. The van der Waals surface area contributed by atoms with E-state index < -0.39 is 0 Å². The number of hydrogen-bond acceptors (Lipinski definition) is 10. The zero-order valence-corrected chi connectivity index (χ0v) is 63.7. The second-order valence-corrected chi connectivity index (χ2v) is 29.6. The molecule has 0 aliphatic heterocycles. The molecule has 100 heavy (non-hydrogen) atoms. The fourth-order valence-electron chi connectivity index (χ4n) is 13.1. The molecule has 0 unspecified atom stereocenters. The smallest absolute Gasteiger partial charge is 0.203 e. The number of thiophene rings is 2. The van der Waals surface area contributed by atoms with Crippen LogP contribution >= 0.6 is 22.7 Å². The Balaban J connectivity index is 1.02. The van der Waals surface area contributed by atoms with E-state index in [1.165, 1.54) is 177 Å². The fourth-order valence-corrected chi connectivity index (χ4v) is 14.8. The van der Waals surface area contributed by atoms with Crippen LogP contribution in [0.3, 0.4) is 0 Å². The van der Waals surface area contributed by atoms with Crippen molar-refractivity contribution in [2.45, 2.75) is 273 Å². The number of carbonyl (C=O) groups excluding carboxylic acids is 2. The molecule has 0 aliphatic rings. The van der Waals surface area contributed by atoms with Crippen molar-refractivity contribution in [2.24, 2.45) is 0 Å². The topological polar surface area (TPSA) is 89.5 Å². The van der Waals surface area contributed by atoms with Gasteiger partial charge in [-0.2, -0.15) is 0 Å². The van der Waals surface area contributed by atoms with E-state index >= 15 is 0 Å². The molecule has 0 saturated heterocycles. The maximum absolute atomic E-state index is 14.7. The van der Waals surface area contributed by atoms with Crippen molar-refractivity contribution in [2.75, 3.05) is 39.6 Å². The van der Waals surface area contributed by atoms with Gasteiger partial charge in [-0.1, -0.05) is 294 Å². The monoisotopic (exact) mass is 1390 g/mol. The third-order valence-electron chi connectivity index (χ3n) is 19.0. The molecule has 8 aromatic rings. The zero-order valence-electron chi connectivity index (χ0n) is 62.0. The zero-order chi connectivity index (χ0) is 70.2. The third kappa shape index (κ3) is 25.2. The van der Waals surface area contributed by atoms with E-state index in [0.29, 0.717) is 95.0 Å². The molecule has 8 nitrogen and oxygen atoms in total. The van der Waals surface area contributed by atoms with Gasteiger partial charge >= 0.3 is 0 Å². The Morgan fingerprint density at radius 3 is 0.840 bits per heavy atom. The first kappa shape index (κ1) is 78.7. The van der Waals surface area contributed by atoms with Crippen LogP contribution < -0.4 is 28.4 Å². The van der Waals surface area contributed by atoms with E-state index in [-0.39, 0.29) is 11.6 Å². The summed E-state index contributed by atoms with van der Waals surface area (Å²) < 4.78 is 39.5. The highest BCUT2D eigenvalue weighted by Crippen LogP contribution is 2.43. The molecule has 2 heterocycles. The molecule has 0 amide bonds. The van der Waals surface area contributed by atoms with Gasteiger partial charge in [-0.3, -0.25) is 9.59 Å². The lowest BCUT2D eigenvalue weighted by atomic mass is 9.90. The van der Waals surface area contributed by atoms with Gasteiger partial charge < -0.3 is 28.4 Å². The predicted molar refractivity (Wildman–Crippen MR) is 424 cm³/mol. The highest BCUT2D eigenvalue weighted by atomic mass is 32.1. The number of ether oxygens (including phenoxy) is 6. The molecule has 0 saturated carbocycles. The number of hydrogen-bond donors (Lipinski definition) is 0. The normalized spacial score (nSPS) is 11.3. The molecule has 0 fully saturated rings. The first-order valence-electron chi connectivity index (χ1n) is 39.4. The highest BCUT2D eigenvalue weighted by Gasteiger charge is 2.24. The number of unbranched alkanes of at least 4 members (excludes halogenated alkanes) is 30. The number of ketones is 2. The van der Waals surface area contributed by atoms with E-state index in [2.05, 4.69) is 114 Å². The van der Waals surface area contributed by atoms with Crippen LogP contribution in [-0.4, -0.2) is 51.2 Å². The summed E-state index contributed by atoms with van der Waals surface area (Å²) in [6.45, 7) is 16.8. The predicted octanol–water partition coefficient (Wildman–Crippen LogP) is 26.4. The highest BCUT2D eigenvalue weighted by molar-refractivity contribution is 7.15. The standard InChI is InChI=1S/C90H118O8S2/c1-7-13-19-25-31-37-59-93-79-65-73(66-80(94-60-38-32-26-20-14-8-2)89(79)97-63-41-35-29-23-17-11-5)87(91)83-57-53-75(99-83)51-47-69-43-45-71-50-56-78-70(44-46-72-49-55-77(69)85(71)86(72)78)48-52-76-54-58-84(100-76)88(92)74-67-81(95-61-39-33-27-21-15-9-3)90(98-64-42-36-30-24-18-12-6)82(68-74)96-62-40-34-28-22-16-10-4/h43-46,49-50,53-58,65-68H,7-42,59-64H2,1-6H3. The van der Waals surface area contributed by atoms with Crippen LogP contribution in [0.4, 0.5) is 0 Å². The van der Waals surface area contributed by atoms with Crippen molar-refractivity contribution < 1.29 is 38.0 Å². The van der Waals surface area contributed by atoms with Crippen LogP contribution in [-0.2, 0) is 0 Å². The Bertz CT molecular complexity index is 3500. The van der Waals surface area contributed by atoms with Gasteiger partial charge in [-0.15, -0.1) is 22.7 Å². The van der Waals surface area contributed by atoms with Crippen LogP contribution in [0.25, 0.3) is 32.3 Å². The van der Waals surface area contributed by atoms with Crippen LogP contribution in [0.1, 0.15) is 324 Å². The third-order valence-corrected chi connectivity index (χ3v) is 21.0. The first-order chi connectivity index (χ1) is 49.3. The van der Waals surface area contributed by atoms with Crippen molar-refractivity contribution in [3.63, 3.8) is 0 Å². The molecule has 8 rings (SSSR count). The summed E-state index contributed by atoms with van der Waals surface area (Å²) >= 11 is 2.82. The maximum Gasteiger partial charge on any atom is 0.203 e. The summed E-state index contributed by atoms with van der Waals surface area (Å²) in [4.78, 5) is 32.2. The van der Waals surface area contributed by atoms with E-state index in [1.54, 1.807) is 0 Å². The van der Waals surface area contributed by atoms with Gasteiger partial charge in [0.05, 0.1) is 59.1 Å². The van der Waals surface area contributed by atoms with Crippen LogP contribution in [0, 0.1) is 23.7 Å². The van der Waals surface area contributed by atoms with Crippen molar-refractivity contribution in [3.8, 4) is 58.2 Å². The van der Waals surface area contributed by atoms with Crippen molar-refractivity contribution >= 4 is 66.6 Å². The number of carbonyl (C=O) groups is 2. The molecule has 0 radical (unpaired) electrons. The summed E-state index contributed by atoms with van der Waals surface area (Å²) in [5, 5.41) is 6.67. The van der Waals surface area contributed by atoms with Gasteiger partial charge in [0.1, 0.15) is 0 Å². The lowest BCUT2D eigenvalue weighted by Crippen LogP contribution is -2.09. The molecule has 0 bridgehead atoms. The molecule has 538 valence electrons. The summed E-state index contributed by atoms with van der Waals surface area (Å²) in [5.74, 6) is 17.3. The quantitative estimate of drug-likeness (QED) is 0.0161. The minimum absolute atomic E-state index is 0.0917. The Labute approximate surface area is 610 Å². The minimum Gasteiger partial charge on any atom is -0.490 e. The van der Waals surface area contributed by atoms with Gasteiger partial charge in [0.25, 0.3) is 0 Å². The first-order valence-corrected chi connectivity index (χ1v) is 41.1. The van der Waals surface area contributed by atoms with Crippen LogP contribution in [0.15, 0.2) is 97.1 Å². The summed E-state index contributed by atoms with van der Waals surface area (Å²) in [6.07, 6.45) is 41.7. The lowest BCUT2D eigenvalue weighted by Gasteiger charge is -2.19. The largest absolute Gasteiger partial charge is 0.490 e. The SMILES string of the molecule is CCCCCCCCOc1cc(C(=O)c2ccc(C#Cc3ccc4ccc5c(C#Cc6ccc(C(=O)c7cc(OCCCCCCCC)c(OCCCCCCCC)c(OCCCCCCCC)c7)s6)ccc6ccc3c4c65)s2)cc(OCCCCCCCC)c1OCCCCCCCC. The average molecular weight is 1390 g/mol. The lowest BCUT2D eigenvalue weighted by molar-refractivity contribution is 0.103. The molecular weight excluding hydrogens is 1270 g/mol. The molecule has 2 aromatic heterocycles. The summed E-state index contributed by atoms with van der Waals surface area (Å²) in [5.41, 5.74) is 2.87. The van der Waals surface area contributed by atoms with Gasteiger partial charge in [0, 0.05) is 22.3 Å². The number of benzene rings is 6. The Kier molecular flexibility index (Phi) is 36.1. The van der Waals surface area contributed by atoms with Crippen molar-refractivity contribution in [1.29, 1.82) is 0 Å². The molecular formula is C90H118O8S2. The van der Waals surface area contributed by atoms with E-state index in [4.69, 9.17) is 28.4 Å². The Hall–Kier alpha value is -6.98. The van der Waals surface area contributed by atoms with Gasteiger partial charge in [-0.25, -0.2) is 0 Å². The fraction of sp³-hybridized carbons (Fsp3) is 0.533. The summed E-state index contributed by atoms with van der Waals surface area (Å²) in [7, 11) is 0. The van der Waals surface area contributed by atoms with Crippen molar-refractivity contribution in [3.05, 3.63) is 139 Å². The summed E-state index contributed by atoms with van der Waals surface area (Å²) in [6, 6.07) is 32.5. The molecule has 10 heteroatoms. The Morgan fingerprint density at radius 1 is 0.290 bits per heavy atom. The molecule has 0 aliphatic carbocycles. The average Bonchev–Trinajstić information content (AvgIpc) is 0.900. The molecule has 0 spiro atoms. The molecule has 0 N–H and O–H groups in total. The molecule has 0 atom stereocenters. The van der Waals surface area contributed by atoms with Gasteiger partial charge in [0.2, 0.25) is 23.1 Å². The second kappa shape index (κ2) is 45.8. The van der Waals surface area contributed by atoms with Crippen molar-refractivity contribution in [1.82, 2.24) is 0 Å². The van der Waals surface area contributed by atoms with E-state index in [9.17, 15) is 9.59 Å². The van der Waals surface area contributed by atoms with E-state index in [0.717, 1.165) is 130 Å². The van der Waals surface area contributed by atoms with Crippen LogP contribution in [0.5, 0.6) is 34.5 Å². The number of rotatable bonds is 52. The van der Waals surface area contributed by atoms with Gasteiger partial charge in [-0.05, 0) is 132 Å². The second-order valence-electron chi connectivity index (χ2n) is 27.4. The molecule has 6 aromatic carbocycles. The van der Waals surface area contributed by atoms with Crippen LogP contribution in [0.2, 0.25) is 0 Å². The van der Waals surface area contributed by atoms with Gasteiger partial charge in [0.15, 0.2) is 23.0 Å². The Morgan fingerprint density at radius 2 is 0.550 bits per heavy atom.